The Morgan fingerprint density at radius 1 is 1.21 bits per heavy atom. The van der Waals surface area contributed by atoms with Crippen molar-refractivity contribution in [2.24, 2.45) is 11.8 Å². The van der Waals surface area contributed by atoms with Crippen molar-refractivity contribution < 1.29 is 9.90 Å². The summed E-state index contributed by atoms with van der Waals surface area (Å²) in [6.45, 7) is 3.18. The molecule has 0 aromatic rings. The maximum Gasteiger partial charge on any atom is 0.230 e. The summed E-state index contributed by atoms with van der Waals surface area (Å²) < 4.78 is 0. The molecular formula is C14H26N2O2S. The monoisotopic (exact) mass is 286 g/mol. The maximum atomic E-state index is 11.8. The maximum absolute atomic E-state index is 11.8. The van der Waals surface area contributed by atoms with E-state index in [9.17, 15) is 9.90 Å². The molecule has 1 aliphatic carbocycles. The van der Waals surface area contributed by atoms with Crippen molar-refractivity contribution in [3.05, 3.63) is 0 Å². The molecule has 3 N–H and O–H groups in total. The molecule has 1 aliphatic heterocycles. The second kappa shape index (κ2) is 8.12. The van der Waals surface area contributed by atoms with Crippen LogP contribution in [0.15, 0.2) is 0 Å². The topological polar surface area (TPSA) is 61.4 Å². The lowest BCUT2D eigenvalue weighted by atomic mass is 9.97. The Morgan fingerprint density at radius 2 is 1.95 bits per heavy atom. The predicted molar refractivity (Wildman–Crippen MR) is 79.3 cm³/mol. The summed E-state index contributed by atoms with van der Waals surface area (Å²) >= 11 is 1.79. The van der Waals surface area contributed by atoms with E-state index in [0.29, 0.717) is 22.8 Å². The summed E-state index contributed by atoms with van der Waals surface area (Å²) in [5, 5.41) is 16.3. The molecule has 2 aliphatic rings. The first-order chi connectivity index (χ1) is 9.29. The van der Waals surface area contributed by atoms with Gasteiger partial charge in [0.2, 0.25) is 5.91 Å². The fourth-order valence-corrected chi connectivity index (χ4v) is 4.13. The first-order valence-corrected chi connectivity index (χ1v) is 8.54. The number of piperidine rings is 1. The van der Waals surface area contributed by atoms with Crippen LogP contribution in [0, 0.1) is 11.8 Å². The minimum atomic E-state index is 0.159. The highest BCUT2D eigenvalue weighted by Gasteiger charge is 2.26. The van der Waals surface area contributed by atoms with Gasteiger partial charge in [0, 0.05) is 18.4 Å². The lowest BCUT2D eigenvalue weighted by molar-refractivity contribution is -0.118. The van der Waals surface area contributed by atoms with Crippen LogP contribution in [0.4, 0.5) is 0 Å². The molecule has 110 valence electrons. The molecule has 0 aromatic carbocycles. The van der Waals surface area contributed by atoms with Gasteiger partial charge < -0.3 is 15.7 Å². The number of carbonyl (C=O) groups is 1. The molecule has 19 heavy (non-hydrogen) atoms. The summed E-state index contributed by atoms with van der Waals surface area (Å²) in [7, 11) is 0. The Labute approximate surface area is 120 Å². The molecule has 2 rings (SSSR count). The number of amides is 1. The molecule has 1 saturated carbocycles. The first-order valence-electron chi connectivity index (χ1n) is 7.49. The van der Waals surface area contributed by atoms with Crippen LogP contribution in [0.5, 0.6) is 0 Å². The lowest BCUT2D eigenvalue weighted by Crippen LogP contribution is -2.34. The van der Waals surface area contributed by atoms with Crippen molar-refractivity contribution >= 4 is 17.7 Å². The summed E-state index contributed by atoms with van der Waals surface area (Å²) in [5.74, 6) is 1.63. The van der Waals surface area contributed by atoms with Crippen LogP contribution in [-0.4, -0.2) is 48.3 Å². The molecule has 0 radical (unpaired) electrons. The zero-order valence-corrected chi connectivity index (χ0v) is 12.4. The molecule has 0 spiro atoms. The van der Waals surface area contributed by atoms with Gasteiger partial charge >= 0.3 is 0 Å². The van der Waals surface area contributed by atoms with Gasteiger partial charge in [-0.1, -0.05) is 6.42 Å². The third-order valence-electron chi connectivity index (χ3n) is 4.35. The smallest absolute Gasteiger partial charge is 0.230 e. The average molecular weight is 286 g/mol. The number of carbonyl (C=O) groups excluding carboxylic acids is 1. The van der Waals surface area contributed by atoms with E-state index in [1.807, 2.05) is 0 Å². The van der Waals surface area contributed by atoms with E-state index in [2.05, 4.69) is 10.6 Å². The number of hydrogen-bond acceptors (Lipinski definition) is 4. The van der Waals surface area contributed by atoms with Gasteiger partial charge in [0.05, 0.1) is 5.75 Å². The van der Waals surface area contributed by atoms with E-state index in [-0.39, 0.29) is 12.5 Å². The number of rotatable bonds is 6. The second-order valence-corrected chi connectivity index (χ2v) is 6.99. The van der Waals surface area contributed by atoms with E-state index in [1.54, 1.807) is 11.8 Å². The average Bonchev–Trinajstić information content (AvgIpc) is 2.91. The van der Waals surface area contributed by atoms with Crippen LogP contribution >= 0.6 is 11.8 Å². The molecule has 1 amide bonds. The highest BCUT2D eigenvalue weighted by atomic mass is 32.2. The molecule has 5 heteroatoms. The van der Waals surface area contributed by atoms with Crippen molar-refractivity contribution in [2.75, 3.05) is 32.0 Å². The van der Waals surface area contributed by atoms with E-state index in [0.717, 1.165) is 32.5 Å². The minimum absolute atomic E-state index is 0.159. The van der Waals surface area contributed by atoms with Gasteiger partial charge in [-0.15, -0.1) is 11.8 Å². The summed E-state index contributed by atoms with van der Waals surface area (Å²) in [6, 6.07) is 0. The van der Waals surface area contributed by atoms with Gasteiger partial charge in [-0.25, -0.2) is 0 Å². The van der Waals surface area contributed by atoms with Crippen LogP contribution in [-0.2, 0) is 4.79 Å². The van der Waals surface area contributed by atoms with Gasteiger partial charge in [0.1, 0.15) is 0 Å². The molecule has 1 saturated heterocycles. The third kappa shape index (κ3) is 4.97. The number of nitrogens with one attached hydrogen (secondary N) is 2. The molecule has 2 atom stereocenters. The molecular weight excluding hydrogens is 260 g/mol. The Hall–Kier alpha value is -0.260. The quantitative estimate of drug-likeness (QED) is 0.682. The van der Waals surface area contributed by atoms with Crippen LogP contribution in [0.2, 0.25) is 0 Å². The van der Waals surface area contributed by atoms with Gasteiger partial charge in [-0.05, 0) is 50.6 Å². The Balaban J connectivity index is 1.58. The third-order valence-corrected chi connectivity index (χ3v) is 5.72. The van der Waals surface area contributed by atoms with Gasteiger partial charge in [-0.3, -0.25) is 4.79 Å². The van der Waals surface area contributed by atoms with Crippen LogP contribution in [0.25, 0.3) is 0 Å². The van der Waals surface area contributed by atoms with E-state index >= 15 is 0 Å². The first kappa shape index (κ1) is 15.1. The van der Waals surface area contributed by atoms with Crippen LogP contribution in [0.3, 0.4) is 0 Å². The predicted octanol–water partition coefficient (Wildman–Crippen LogP) is 0.996. The fourth-order valence-electron chi connectivity index (χ4n) is 3.07. The molecule has 1 heterocycles. The van der Waals surface area contributed by atoms with Gasteiger partial charge in [-0.2, -0.15) is 0 Å². The van der Waals surface area contributed by atoms with Crippen molar-refractivity contribution in [3.8, 4) is 0 Å². The minimum Gasteiger partial charge on any atom is -0.396 e. The highest BCUT2D eigenvalue weighted by molar-refractivity contribution is 8.00. The summed E-state index contributed by atoms with van der Waals surface area (Å²) in [4.78, 5) is 11.8. The van der Waals surface area contributed by atoms with Gasteiger partial charge in [0.15, 0.2) is 0 Å². The van der Waals surface area contributed by atoms with E-state index in [1.165, 1.54) is 19.3 Å². The van der Waals surface area contributed by atoms with Crippen LogP contribution < -0.4 is 10.6 Å². The van der Waals surface area contributed by atoms with E-state index in [4.69, 9.17) is 0 Å². The zero-order valence-electron chi connectivity index (χ0n) is 11.6. The second-order valence-electron chi connectivity index (χ2n) is 5.70. The molecule has 4 nitrogen and oxygen atoms in total. The normalized spacial score (nSPS) is 28.5. The Kier molecular flexibility index (Phi) is 6.47. The molecule has 2 fully saturated rings. The van der Waals surface area contributed by atoms with Crippen molar-refractivity contribution in [3.63, 3.8) is 0 Å². The lowest BCUT2D eigenvalue weighted by Gasteiger charge is -2.22. The number of hydrogen-bond donors (Lipinski definition) is 3. The van der Waals surface area contributed by atoms with Crippen molar-refractivity contribution in [2.45, 2.75) is 37.4 Å². The van der Waals surface area contributed by atoms with E-state index < -0.39 is 0 Å². The standard InChI is InChI=1S/C14H26N2O2S/c17-9-12-3-1-2-11(12)8-16-14(18)10-19-13-4-6-15-7-5-13/h11-13,15,17H,1-10H2,(H,16,18). The Bertz CT molecular complexity index is 283. The van der Waals surface area contributed by atoms with Crippen LogP contribution in [0.1, 0.15) is 32.1 Å². The highest BCUT2D eigenvalue weighted by Crippen LogP contribution is 2.30. The molecule has 2 unspecified atom stereocenters. The fraction of sp³-hybridized carbons (Fsp3) is 0.929. The van der Waals surface area contributed by atoms with Crippen molar-refractivity contribution in [1.29, 1.82) is 0 Å². The SMILES string of the molecule is O=C(CSC1CCNCC1)NCC1CCCC1CO. The Morgan fingerprint density at radius 3 is 2.68 bits per heavy atom. The van der Waals surface area contributed by atoms with Gasteiger partial charge in [0.25, 0.3) is 0 Å². The number of aliphatic hydroxyl groups excluding tert-OH is 1. The summed E-state index contributed by atoms with van der Waals surface area (Å²) in [6.07, 6.45) is 5.80. The van der Waals surface area contributed by atoms with Crippen molar-refractivity contribution in [1.82, 2.24) is 10.6 Å². The summed E-state index contributed by atoms with van der Waals surface area (Å²) in [5.41, 5.74) is 0. The molecule has 0 aromatic heterocycles. The number of aliphatic hydroxyl groups is 1. The largest absolute Gasteiger partial charge is 0.396 e. The number of thioether (sulfide) groups is 1. The molecule has 0 bridgehead atoms. The zero-order chi connectivity index (χ0) is 13.5.